The van der Waals surface area contributed by atoms with Crippen LogP contribution < -0.4 is 16.0 Å². The van der Waals surface area contributed by atoms with Crippen molar-refractivity contribution in [3.8, 4) is 0 Å². The van der Waals surface area contributed by atoms with Crippen molar-refractivity contribution in [3.63, 3.8) is 0 Å². The van der Waals surface area contributed by atoms with Gasteiger partial charge in [-0.25, -0.2) is 4.57 Å². The Bertz CT molecular complexity index is 770. The maximum absolute atomic E-state index is 12.1. The van der Waals surface area contributed by atoms with Gasteiger partial charge in [0.05, 0.1) is 6.61 Å². The van der Waals surface area contributed by atoms with Crippen LogP contribution in [0.3, 0.4) is 0 Å². The lowest BCUT2D eigenvalue weighted by Crippen LogP contribution is -2.46. The number of amides is 3. The van der Waals surface area contributed by atoms with E-state index in [2.05, 4.69) is 39.5 Å². The Balaban J connectivity index is 3.74. The Morgan fingerprint density at radius 3 is 1.87 bits per heavy atom. The third-order valence-corrected chi connectivity index (χ3v) is 6.65. The third-order valence-electron chi connectivity index (χ3n) is 6.18. The molecule has 0 unspecified atom stereocenters. The molecular weight excluding hydrogens is 525 g/mol. The zero-order valence-electron chi connectivity index (χ0n) is 24.1. The summed E-state index contributed by atoms with van der Waals surface area (Å²) in [6.07, 6.45) is 16.3. The molecule has 0 aromatic carbocycles. The fourth-order valence-corrected chi connectivity index (χ4v) is 4.16. The SMILES string of the molecule is CCCCCC/C=C\CCCCCCCC(=O)NCCNC(=O)CCNC(=O)[C@H](O)C(C)(C)COP(=O)(O)O. The van der Waals surface area contributed by atoms with Gasteiger partial charge >= 0.3 is 7.82 Å². The second-order valence-electron chi connectivity index (χ2n) is 10.5. The first-order valence-corrected chi connectivity index (χ1v) is 15.8. The summed E-state index contributed by atoms with van der Waals surface area (Å²) in [5.41, 5.74) is -1.25. The van der Waals surface area contributed by atoms with Crippen LogP contribution in [0.5, 0.6) is 0 Å². The van der Waals surface area contributed by atoms with Gasteiger partial charge in [0.1, 0.15) is 6.10 Å². The number of hydrogen-bond acceptors (Lipinski definition) is 6. The van der Waals surface area contributed by atoms with E-state index >= 15 is 0 Å². The smallest absolute Gasteiger partial charge is 0.383 e. The number of nitrogens with one attached hydrogen (secondary N) is 3. The summed E-state index contributed by atoms with van der Waals surface area (Å²) in [5.74, 6) is -1.14. The molecule has 0 rings (SSSR count). The van der Waals surface area contributed by atoms with Gasteiger partial charge in [-0.15, -0.1) is 0 Å². The molecule has 6 N–H and O–H groups in total. The van der Waals surface area contributed by atoms with Crippen molar-refractivity contribution in [2.45, 2.75) is 110 Å². The van der Waals surface area contributed by atoms with Crippen LogP contribution in [0.15, 0.2) is 12.2 Å². The number of rotatable bonds is 24. The van der Waals surface area contributed by atoms with Crippen LogP contribution >= 0.6 is 7.82 Å². The van der Waals surface area contributed by atoms with Crippen molar-refractivity contribution in [3.05, 3.63) is 12.2 Å². The molecule has 11 nitrogen and oxygen atoms in total. The second-order valence-corrected chi connectivity index (χ2v) is 11.8. The number of carbonyl (C=O) groups excluding carboxylic acids is 3. The van der Waals surface area contributed by atoms with E-state index in [-0.39, 0.29) is 31.3 Å². The number of allylic oxidation sites excluding steroid dienone is 2. The maximum atomic E-state index is 12.1. The summed E-state index contributed by atoms with van der Waals surface area (Å²) in [5, 5.41) is 18.0. The normalized spacial score (nSPS) is 12.9. The lowest BCUT2D eigenvalue weighted by Gasteiger charge is -2.29. The largest absolute Gasteiger partial charge is 0.469 e. The van der Waals surface area contributed by atoms with E-state index in [1.54, 1.807) is 0 Å². The molecule has 0 radical (unpaired) electrons. The highest BCUT2D eigenvalue weighted by Gasteiger charge is 2.35. The fourth-order valence-electron chi connectivity index (χ4n) is 3.66. The molecule has 0 fully saturated rings. The molecule has 0 aliphatic heterocycles. The van der Waals surface area contributed by atoms with Gasteiger partial charge in [0, 0.05) is 37.9 Å². The van der Waals surface area contributed by atoms with E-state index in [0.717, 1.165) is 25.7 Å². The molecular formula is C27H52N3O8P. The molecule has 0 spiro atoms. The van der Waals surface area contributed by atoms with E-state index in [9.17, 15) is 24.1 Å². The van der Waals surface area contributed by atoms with Crippen LogP contribution in [-0.2, 0) is 23.5 Å². The Morgan fingerprint density at radius 2 is 1.31 bits per heavy atom. The van der Waals surface area contributed by atoms with Gasteiger partial charge < -0.3 is 30.8 Å². The van der Waals surface area contributed by atoms with Gasteiger partial charge in [-0.1, -0.05) is 71.4 Å². The van der Waals surface area contributed by atoms with Gasteiger partial charge in [-0.2, -0.15) is 0 Å². The Kier molecular flexibility index (Phi) is 21.0. The Hall–Kier alpha value is -1.78. The van der Waals surface area contributed by atoms with E-state index in [1.807, 2.05) is 0 Å². The number of phosphoric acid groups is 1. The maximum Gasteiger partial charge on any atom is 0.469 e. The molecule has 1 atom stereocenters. The predicted molar refractivity (Wildman–Crippen MR) is 152 cm³/mol. The standard InChI is InChI=1S/C27H52N3O8P/c1-4-5-6-7-8-9-10-11-12-13-14-15-16-17-23(31)28-20-21-29-24(32)18-19-30-26(34)25(33)27(2,3)22-38-39(35,36)37/h9-10,25,33H,4-8,11-22H2,1-3H3,(H,28,31)(H,29,32)(H,30,34)(H2,35,36,37)/b10-9-/t25-/m0/s1. The summed E-state index contributed by atoms with van der Waals surface area (Å²) in [6.45, 7) is 5.08. The number of aliphatic hydroxyl groups is 1. The molecule has 0 aromatic rings. The molecule has 0 bridgehead atoms. The van der Waals surface area contributed by atoms with Crippen LogP contribution in [0.1, 0.15) is 104 Å². The van der Waals surface area contributed by atoms with Crippen LogP contribution in [0, 0.1) is 5.41 Å². The number of aliphatic hydroxyl groups excluding tert-OH is 1. The first-order chi connectivity index (χ1) is 18.4. The zero-order chi connectivity index (χ0) is 29.6. The topological polar surface area (TPSA) is 174 Å². The molecule has 12 heteroatoms. The molecule has 0 aliphatic carbocycles. The van der Waals surface area contributed by atoms with Crippen molar-refractivity contribution in [2.75, 3.05) is 26.2 Å². The number of hydrogen-bond donors (Lipinski definition) is 6. The molecule has 228 valence electrons. The monoisotopic (exact) mass is 577 g/mol. The second kappa shape index (κ2) is 22.0. The molecule has 39 heavy (non-hydrogen) atoms. The Morgan fingerprint density at radius 1 is 0.795 bits per heavy atom. The van der Waals surface area contributed by atoms with Gasteiger partial charge in [0.25, 0.3) is 0 Å². The van der Waals surface area contributed by atoms with Crippen molar-refractivity contribution >= 4 is 25.5 Å². The molecule has 0 saturated carbocycles. The average Bonchev–Trinajstić information content (AvgIpc) is 2.87. The van der Waals surface area contributed by atoms with E-state index in [4.69, 9.17) is 9.79 Å². The van der Waals surface area contributed by atoms with Crippen molar-refractivity contribution < 1.29 is 38.4 Å². The summed E-state index contributed by atoms with van der Waals surface area (Å²) < 4.78 is 15.2. The molecule has 0 saturated heterocycles. The first-order valence-electron chi connectivity index (χ1n) is 14.2. The molecule has 0 aliphatic rings. The lowest BCUT2D eigenvalue weighted by atomic mass is 9.87. The highest BCUT2D eigenvalue weighted by Crippen LogP contribution is 2.38. The minimum absolute atomic E-state index is 0.0272. The average molecular weight is 578 g/mol. The van der Waals surface area contributed by atoms with Crippen molar-refractivity contribution in [1.29, 1.82) is 0 Å². The van der Waals surface area contributed by atoms with E-state index < -0.39 is 31.9 Å². The predicted octanol–water partition coefficient (Wildman–Crippen LogP) is 3.48. The number of carbonyl (C=O) groups is 3. The van der Waals surface area contributed by atoms with Gasteiger partial charge in [0.15, 0.2) is 0 Å². The van der Waals surface area contributed by atoms with Crippen LogP contribution in [-0.4, -0.2) is 65.0 Å². The minimum Gasteiger partial charge on any atom is -0.383 e. The summed E-state index contributed by atoms with van der Waals surface area (Å²) in [7, 11) is -4.73. The quantitative estimate of drug-likeness (QED) is 0.0574. The van der Waals surface area contributed by atoms with Gasteiger partial charge in [0.2, 0.25) is 17.7 Å². The summed E-state index contributed by atoms with van der Waals surface area (Å²) >= 11 is 0. The fraction of sp³-hybridized carbons (Fsp3) is 0.815. The van der Waals surface area contributed by atoms with Crippen LogP contribution in [0.2, 0.25) is 0 Å². The highest BCUT2D eigenvalue weighted by atomic mass is 31.2. The molecule has 0 aromatic heterocycles. The number of unbranched alkanes of at least 4 members (excludes halogenated alkanes) is 9. The van der Waals surface area contributed by atoms with Crippen LogP contribution in [0.25, 0.3) is 0 Å². The highest BCUT2D eigenvalue weighted by molar-refractivity contribution is 7.46. The van der Waals surface area contributed by atoms with Crippen molar-refractivity contribution in [2.24, 2.45) is 5.41 Å². The van der Waals surface area contributed by atoms with Gasteiger partial charge in [-0.05, 0) is 32.1 Å². The summed E-state index contributed by atoms with van der Waals surface area (Å²) in [4.78, 5) is 53.5. The van der Waals surface area contributed by atoms with Gasteiger partial charge in [-0.3, -0.25) is 18.9 Å². The molecule has 0 heterocycles. The van der Waals surface area contributed by atoms with Crippen molar-refractivity contribution in [1.82, 2.24) is 16.0 Å². The lowest BCUT2D eigenvalue weighted by molar-refractivity contribution is -0.137. The van der Waals surface area contributed by atoms with Crippen LogP contribution in [0.4, 0.5) is 0 Å². The Labute approximate surface area is 234 Å². The van der Waals surface area contributed by atoms with E-state index in [0.29, 0.717) is 13.0 Å². The zero-order valence-corrected chi connectivity index (χ0v) is 25.0. The third kappa shape index (κ3) is 22.7. The minimum atomic E-state index is -4.73. The van der Waals surface area contributed by atoms with E-state index in [1.165, 1.54) is 58.8 Å². The summed E-state index contributed by atoms with van der Waals surface area (Å²) in [6, 6.07) is 0. The molecule has 3 amide bonds. The first kappa shape index (κ1) is 37.2. The number of phosphoric ester groups is 1.